The zero-order chi connectivity index (χ0) is 18.9. The molecular weight excluding hydrogens is 328 g/mol. The van der Waals surface area contributed by atoms with E-state index in [2.05, 4.69) is 0 Å². The Kier molecular flexibility index (Phi) is 6.76. The van der Waals surface area contributed by atoms with Crippen LogP contribution in [-0.2, 0) is 0 Å². The van der Waals surface area contributed by atoms with Crippen LogP contribution in [0.4, 0.5) is 0 Å². The SMILES string of the molecule is CCOc1ccc([C@H](CC(=O)c2ccccc2)C(C#N)C#N)cc1OC. The zero-order valence-corrected chi connectivity index (χ0v) is 14.8. The molecule has 0 saturated heterocycles. The molecule has 2 aromatic carbocycles. The molecule has 0 aromatic heterocycles. The van der Waals surface area contributed by atoms with Gasteiger partial charge in [0.1, 0.15) is 5.92 Å². The van der Waals surface area contributed by atoms with Crippen molar-refractivity contribution < 1.29 is 14.3 Å². The number of ketones is 1. The van der Waals surface area contributed by atoms with Gasteiger partial charge in [-0.15, -0.1) is 0 Å². The van der Waals surface area contributed by atoms with Crippen LogP contribution in [0.1, 0.15) is 35.2 Å². The van der Waals surface area contributed by atoms with Crippen molar-refractivity contribution in [2.24, 2.45) is 5.92 Å². The Hall–Kier alpha value is -3.31. The van der Waals surface area contributed by atoms with Crippen LogP contribution in [-0.4, -0.2) is 19.5 Å². The highest BCUT2D eigenvalue weighted by atomic mass is 16.5. The van der Waals surface area contributed by atoms with Gasteiger partial charge < -0.3 is 9.47 Å². The summed E-state index contributed by atoms with van der Waals surface area (Å²) < 4.78 is 10.9. The van der Waals surface area contributed by atoms with E-state index in [1.165, 1.54) is 7.11 Å². The molecule has 0 saturated carbocycles. The average Bonchev–Trinajstić information content (AvgIpc) is 2.69. The summed E-state index contributed by atoms with van der Waals surface area (Å²) in [5.74, 6) is -0.514. The van der Waals surface area contributed by atoms with Crippen molar-refractivity contribution in [1.82, 2.24) is 0 Å². The number of rotatable bonds is 8. The maximum atomic E-state index is 12.6. The van der Waals surface area contributed by atoms with Crippen LogP contribution in [0.5, 0.6) is 11.5 Å². The van der Waals surface area contributed by atoms with Crippen LogP contribution in [0, 0.1) is 28.6 Å². The average molecular weight is 348 g/mol. The Labute approximate surface area is 153 Å². The van der Waals surface area contributed by atoms with Gasteiger partial charge in [0.25, 0.3) is 0 Å². The minimum atomic E-state index is -0.940. The third-order valence-electron chi connectivity index (χ3n) is 4.10. The molecule has 0 radical (unpaired) electrons. The van der Waals surface area contributed by atoms with E-state index in [1.807, 2.05) is 25.1 Å². The van der Waals surface area contributed by atoms with Crippen LogP contribution < -0.4 is 9.47 Å². The predicted octanol–water partition coefficient (Wildman–Crippen LogP) is 4.11. The fourth-order valence-electron chi connectivity index (χ4n) is 2.77. The molecule has 2 aromatic rings. The van der Waals surface area contributed by atoms with Crippen molar-refractivity contribution >= 4 is 5.78 Å². The van der Waals surface area contributed by atoms with Crippen molar-refractivity contribution in [1.29, 1.82) is 10.5 Å². The van der Waals surface area contributed by atoms with E-state index in [-0.39, 0.29) is 12.2 Å². The van der Waals surface area contributed by atoms with Gasteiger partial charge in [0.05, 0.1) is 25.9 Å². The normalized spacial score (nSPS) is 11.3. The number of ether oxygens (including phenoxy) is 2. The van der Waals surface area contributed by atoms with E-state index in [4.69, 9.17) is 9.47 Å². The summed E-state index contributed by atoms with van der Waals surface area (Å²) in [5, 5.41) is 18.7. The minimum absolute atomic E-state index is 0.0624. The summed E-state index contributed by atoms with van der Waals surface area (Å²) in [6, 6.07) is 18.1. The highest BCUT2D eigenvalue weighted by molar-refractivity contribution is 5.96. The van der Waals surface area contributed by atoms with Crippen LogP contribution >= 0.6 is 0 Å². The zero-order valence-electron chi connectivity index (χ0n) is 14.8. The molecule has 5 heteroatoms. The molecule has 0 bridgehead atoms. The monoisotopic (exact) mass is 348 g/mol. The molecule has 0 unspecified atom stereocenters. The third kappa shape index (κ3) is 4.40. The fourth-order valence-corrected chi connectivity index (χ4v) is 2.77. The van der Waals surface area contributed by atoms with Crippen LogP contribution in [0.2, 0.25) is 0 Å². The summed E-state index contributed by atoms with van der Waals surface area (Å²) in [6.07, 6.45) is 0.0624. The largest absolute Gasteiger partial charge is 0.493 e. The van der Waals surface area contributed by atoms with Crippen molar-refractivity contribution in [3.8, 4) is 23.6 Å². The molecule has 0 spiro atoms. The fraction of sp³-hybridized carbons (Fsp3) is 0.286. The quantitative estimate of drug-likeness (QED) is 0.670. The van der Waals surface area contributed by atoms with Gasteiger partial charge in [-0.05, 0) is 24.6 Å². The lowest BCUT2D eigenvalue weighted by atomic mass is 9.82. The van der Waals surface area contributed by atoms with Gasteiger partial charge in [0, 0.05) is 17.9 Å². The maximum Gasteiger partial charge on any atom is 0.163 e. The Bertz CT molecular complexity index is 821. The number of hydrogen-bond donors (Lipinski definition) is 0. The van der Waals surface area contributed by atoms with Gasteiger partial charge in [0.15, 0.2) is 17.3 Å². The molecule has 0 amide bonds. The minimum Gasteiger partial charge on any atom is -0.493 e. The van der Waals surface area contributed by atoms with Crippen LogP contribution in [0.3, 0.4) is 0 Å². The first kappa shape index (κ1) is 19.0. The lowest BCUT2D eigenvalue weighted by molar-refractivity contribution is 0.0970. The van der Waals surface area contributed by atoms with Crippen LogP contribution in [0.25, 0.3) is 0 Å². The molecule has 0 aliphatic rings. The summed E-state index contributed by atoms with van der Waals surface area (Å²) in [7, 11) is 1.53. The first-order valence-electron chi connectivity index (χ1n) is 8.32. The lowest BCUT2D eigenvalue weighted by Gasteiger charge is -2.19. The molecule has 0 heterocycles. The Morgan fingerprint density at radius 2 is 1.77 bits per heavy atom. The number of hydrogen-bond acceptors (Lipinski definition) is 5. The second-order valence-corrected chi connectivity index (χ2v) is 5.68. The molecule has 5 nitrogen and oxygen atoms in total. The standard InChI is InChI=1S/C21H20N2O3/c1-3-26-20-10-9-16(11-21(20)25-2)18(17(13-22)14-23)12-19(24)15-7-5-4-6-8-15/h4-11,17-18H,3,12H2,1-2H3/t18-/m0/s1. The Balaban J connectivity index is 2.38. The maximum absolute atomic E-state index is 12.6. The molecule has 2 rings (SSSR count). The molecular formula is C21H20N2O3. The van der Waals surface area contributed by atoms with E-state index in [9.17, 15) is 15.3 Å². The second kappa shape index (κ2) is 9.25. The van der Waals surface area contributed by atoms with Gasteiger partial charge in [-0.1, -0.05) is 36.4 Å². The Morgan fingerprint density at radius 1 is 1.08 bits per heavy atom. The van der Waals surface area contributed by atoms with Gasteiger partial charge >= 0.3 is 0 Å². The molecule has 26 heavy (non-hydrogen) atoms. The summed E-state index contributed by atoms with van der Waals surface area (Å²) in [5.41, 5.74) is 1.26. The smallest absolute Gasteiger partial charge is 0.163 e. The molecule has 0 aliphatic carbocycles. The van der Waals surface area contributed by atoms with Gasteiger partial charge in [0.2, 0.25) is 0 Å². The second-order valence-electron chi connectivity index (χ2n) is 5.68. The molecule has 1 atom stereocenters. The third-order valence-corrected chi connectivity index (χ3v) is 4.10. The van der Waals surface area contributed by atoms with Crippen molar-refractivity contribution in [3.63, 3.8) is 0 Å². The summed E-state index contributed by atoms with van der Waals surface area (Å²) >= 11 is 0. The molecule has 0 fully saturated rings. The topological polar surface area (TPSA) is 83.1 Å². The number of nitriles is 2. The van der Waals surface area contributed by atoms with Gasteiger partial charge in [-0.2, -0.15) is 10.5 Å². The van der Waals surface area contributed by atoms with Crippen LogP contribution in [0.15, 0.2) is 48.5 Å². The van der Waals surface area contributed by atoms with Crippen molar-refractivity contribution in [2.75, 3.05) is 13.7 Å². The van der Waals surface area contributed by atoms with E-state index < -0.39 is 11.8 Å². The van der Waals surface area contributed by atoms with Crippen molar-refractivity contribution in [3.05, 3.63) is 59.7 Å². The van der Waals surface area contributed by atoms with Gasteiger partial charge in [-0.25, -0.2) is 0 Å². The van der Waals surface area contributed by atoms with E-state index in [0.717, 1.165) is 0 Å². The lowest BCUT2D eigenvalue weighted by Crippen LogP contribution is -2.15. The number of Topliss-reactive ketones (excluding diaryl/α,β-unsaturated/α-hetero) is 1. The number of methoxy groups -OCH3 is 1. The van der Waals surface area contributed by atoms with E-state index in [1.54, 1.807) is 42.5 Å². The van der Waals surface area contributed by atoms with Gasteiger partial charge in [-0.3, -0.25) is 4.79 Å². The first-order valence-corrected chi connectivity index (χ1v) is 8.32. The summed E-state index contributed by atoms with van der Waals surface area (Å²) in [6.45, 7) is 2.36. The van der Waals surface area contributed by atoms with E-state index in [0.29, 0.717) is 29.2 Å². The summed E-state index contributed by atoms with van der Waals surface area (Å²) in [4.78, 5) is 12.6. The predicted molar refractivity (Wildman–Crippen MR) is 97.0 cm³/mol. The highest BCUT2D eigenvalue weighted by Crippen LogP contribution is 2.35. The first-order chi connectivity index (χ1) is 12.6. The number of benzene rings is 2. The number of carbonyl (C=O) groups excluding carboxylic acids is 1. The Morgan fingerprint density at radius 3 is 2.35 bits per heavy atom. The molecule has 0 N–H and O–H groups in total. The molecule has 0 aliphatic heterocycles. The number of carbonyl (C=O) groups is 1. The van der Waals surface area contributed by atoms with E-state index >= 15 is 0 Å². The highest BCUT2D eigenvalue weighted by Gasteiger charge is 2.27. The number of nitrogens with zero attached hydrogens (tertiary/aromatic N) is 2. The van der Waals surface area contributed by atoms with Crippen molar-refractivity contribution in [2.45, 2.75) is 19.3 Å². The molecule has 132 valence electrons.